The molecule has 1 aromatic rings. The number of carbonyl (C=O) groups is 1. The summed E-state index contributed by atoms with van der Waals surface area (Å²) < 4.78 is 5.09. The van der Waals surface area contributed by atoms with Crippen molar-refractivity contribution in [3.05, 3.63) is 24.2 Å². The summed E-state index contributed by atoms with van der Waals surface area (Å²) in [6, 6.07) is 3.45. The summed E-state index contributed by atoms with van der Waals surface area (Å²) in [6.07, 6.45) is 2.57. The molecular weight excluding hydrogens is 182 g/mol. The van der Waals surface area contributed by atoms with Crippen LogP contribution in [0.2, 0.25) is 0 Å². The average Bonchev–Trinajstić information content (AvgIpc) is 2.67. The second kappa shape index (κ2) is 5.44. The minimum atomic E-state index is -0.181. The molecule has 0 aliphatic carbocycles. The van der Waals surface area contributed by atoms with Gasteiger partial charge in [-0.3, -0.25) is 4.79 Å². The summed E-state index contributed by atoms with van der Waals surface area (Å²) in [4.78, 5) is 11.2. The second-order valence-corrected chi connectivity index (χ2v) is 3.23. The summed E-state index contributed by atoms with van der Waals surface area (Å²) in [5.74, 6) is 0.736. The lowest BCUT2D eigenvalue weighted by molar-refractivity contribution is -0.122. The maximum absolute atomic E-state index is 11.2. The number of rotatable bonds is 5. The molecule has 1 rings (SSSR count). The molecule has 0 aliphatic rings. The van der Waals surface area contributed by atoms with Crippen molar-refractivity contribution in [1.29, 1.82) is 0 Å². The molecule has 1 amide bonds. The van der Waals surface area contributed by atoms with E-state index in [9.17, 15) is 4.79 Å². The molecule has 0 fully saturated rings. The lowest BCUT2D eigenvalue weighted by Crippen LogP contribution is -2.35. The summed E-state index contributed by atoms with van der Waals surface area (Å²) in [7, 11) is 0. The highest BCUT2D eigenvalue weighted by Crippen LogP contribution is 2.03. The molecule has 4 nitrogen and oxygen atoms in total. The number of aliphatic hydroxyl groups is 1. The van der Waals surface area contributed by atoms with Crippen LogP contribution in [0.25, 0.3) is 0 Å². The number of furan rings is 1. The highest BCUT2D eigenvalue weighted by atomic mass is 16.3. The van der Waals surface area contributed by atoms with Gasteiger partial charge in [0.1, 0.15) is 5.76 Å². The predicted molar refractivity (Wildman–Crippen MR) is 51.7 cm³/mol. The third kappa shape index (κ3) is 3.62. The van der Waals surface area contributed by atoms with Gasteiger partial charge in [0.25, 0.3) is 0 Å². The first-order valence-electron chi connectivity index (χ1n) is 4.65. The van der Waals surface area contributed by atoms with Gasteiger partial charge < -0.3 is 14.8 Å². The Labute approximate surface area is 82.9 Å². The van der Waals surface area contributed by atoms with Crippen molar-refractivity contribution in [1.82, 2.24) is 5.32 Å². The molecule has 1 aromatic heterocycles. The Hall–Kier alpha value is -1.29. The third-order valence-electron chi connectivity index (χ3n) is 1.86. The Morgan fingerprint density at radius 1 is 1.71 bits per heavy atom. The molecule has 0 saturated heterocycles. The van der Waals surface area contributed by atoms with Crippen molar-refractivity contribution >= 4 is 5.91 Å². The Kier molecular flexibility index (Phi) is 4.19. The first-order chi connectivity index (χ1) is 6.72. The van der Waals surface area contributed by atoms with E-state index in [-0.39, 0.29) is 18.6 Å². The summed E-state index contributed by atoms with van der Waals surface area (Å²) >= 11 is 0. The van der Waals surface area contributed by atoms with Gasteiger partial charge in [-0.15, -0.1) is 0 Å². The van der Waals surface area contributed by atoms with E-state index in [1.165, 1.54) is 0 Å². The first-order valence-corrected chi connectivity index (χ1v) is 4.65. The average molecular weight is 197 g/mol. The Morgan fingerprint density at radius 3 is 3.07 bits per heavy atom. The Balaban J connectivity index is 2.22. The zero-order valence-corrected chi connectivity index (χ0v) is 8.19. The lowest BCUT2D eigenvalue weighted by Gasteiger charge is -2.09. The van der Waals surface area contributed by atoms with Crippen LogP contribution in [0.1, 0.15) is 19.1 Å². The smallest absolute Gasteiger partial charge is 0.220 e. The minimum Gasteiger partial charge on any atom is -0.469 e. The largest absolute Gasteiger partial charge is 0.469 e. The maximum atomic E-state index is 11.2. The monoisotopic (exact) mass is 197 g/mol. The molecule has 1 atom stereocenters. The van der Waals surface area contributed by atoms with Crippen molar-refractivity contribution < 1.29 is 14.3 Å². The number of amides is 1. The Bertz CT molecular complexity index is 269. The first kappa shape index (κ1) is 10.8. The van der Waals surface area contributed by atoms with E-state index in [1.54, 1.807) is 19.3 Å². The molecule has 78 valence electrons. The predicted octanol–water partition coefficient (Wildman–Crippen LogP) is 0.709. The molecule has 1 heterocycles. The molecule has 0 saturated carbocycles. The van der Waals surface area contributed by atoms with Gasteiger partial charge in [0.2, 0.25) is 5.91 Å². The van der Waals surface area contributed by atoms with E-state index in [0.29, 0.717) is 12.8 Å². The molecule has 0 radical (unpaired) electrons. The van der Waals surface area contributed by atoms with Gasteiger partial charge >= 0.3 is 0 Å². The Morgan fingerprint density at radius 2 is 2.50 bits per heavy atom. The highest BCUT2D eigenvalue weighted by Gasteiger charge is 2.06. The van der Waals surface area contributed by atoms with Gasteiger partial charge in [-0.2, -0.15) is 0 Å². The van der Waals surface area contributed by atoms with Crippen LogP contribution >= 0.6 is 0 Å². The topological polar surface area (TPSA) is 62.5 Å². The summed E-state index contributed by atoms with van der Waals surface area (Å²) in [5, 5.41) is 11.4. The molecule has 0 unspecified atom stereocenters. The SMILES string of the molecule is C[C@@H](CO)NC(=O)CCc1ccco1. The zero-order valence-electron chi connectivity index (χ0n) is 8.19. The van der Waals surface area contributed by atoms with E-state index in [1.807, 2.05) is 6.07 Å². The minimum absolute atomic E-state index is 0.0352. The van der Waals surface area contributed by atoms with Crippen molar-refractivity contribution in [2.45, 2.75) is 25.8 Å². The van der Waals surface area contributed by atoms with Crippen LogP contribution in [0.5, 0.6) is 0 Å². The molecule has 4 heteroatoms. The van der Waals surface area contributed by atoms with Crippen molar-refractivity contribution in [3.63, 3.8) is 0 Å². The molecule has 2 N–H and O–H groups in total. The molecule has 0 spiro atoms. The van der Waals surface area contributed by atoms with Crippen molar-refractivity contribution in [3.8, 4) is 0 Å². The van der Waals surface area contributed by atoms with E-state index in [0.717, 1.165) is 5.76 Å². The zero-order chi connectivity index (χ0) is 10.4. The van der Waals surface area contributed by atoms with Crippen molar-refractivity contribution in [2.75, 3.05) is 6.61 Å². The van der Waals surface area contributed by atoms with Gasteiger partial charge in [0.15, 0.2) is 0 Å². The van der Waals surface area contributed by atoms with E-state index in [2.05, 4.69) is 5.32 Å². The number of aryl methyl sites for hydroxylation is 1. The van der Waals surface area contributed by atoms with Gasteiger partial charge in [0.05, 0.1) is 12.9 Å². The highest BCUT2D eigenvalue weighted by molar-refractivity contribution is 5.76. The van der Waals surface area contributed by atoms with Gasteiger partial charge in [-0.1, -0.05) is 0 Å². The maximum Gasteiger partial charge on any atom is 0.220 e. The van der Waals surface area contributed by atoms with Crippen LogP contribution in [-0.4, -0.2) is 23.7 Å². The molecule has 0 bridgehead atoms. The van der Waals surface area contributed by atoms with Crippen LogP contribution < -0.4 is 5.32 Å². The van der Waals surface area contributed by atoms with Crippen molar-refractivity contribution in [2.24, 2.45) is 0 Å². The van der Waals surface area contributed by atoms with Gasteiger partial charge in [-0.05, 0) is 19.1 Å². The van der Waals surface area contributed by atoms with Crippen LogP contribution in [0.3, 0.4) is 0 Å². The number of hydrogen-bond donors (Lipinski definition) is 2. The fraction of sp³-hybridized carbons (Fsp3) is 0.500. The van der Waals surface area contributed by atoms with E-state index < -0.39 is 0 Å². The van der Waals surface area contributed by atoms with Gasteiger partial charge in [-0.25, -0.2) is 0 Å². The summed E-state index contributed by atoms with van der Waals surface area (Å²) in [6.45, 7) is 1.72. The fourth-order valence-electron chi connectivity index (χ4n) is 1.08. The molecule has 0 aliphatic heterocycles. The number of nitrogens with one attached hydrogen (secondary N) is 1. The van der Waals surface area contributed by atoms with Crippen LogP contribution in [0.15, 0.2) is 22.8 Å². The van der Waals surface area contributed by atoms with E-state index in [4.69, 9.17) is 9.52 Å². The second-order valence-electron chi connectivity index (χ2n) is 3.23. The van der Waals surface area contributed by atoms with E-state index >= 15 is 0 Å². The molecular formula is C10H15NO3. The third-order valence-corrected chi connectivity index (χ3v) is 1.86. The quantitative estimate of drug-likeness (QED) is 0.730. The number of hydrogen-bond acceptors (Lipinski definition) is 3. The molecule has 0 aromatic carbocycles. The van der Waals surface area contributed by atoms with Gasteiger partial charge in [0, 0.05) is 18.9 Å². The fourth-order valence-corrected chi connectivity index (χ4v) is 1.08. The number of carbonyl (C=O) groups excluding carboxylic acids is 1. The molecule has 14 heavy (non-hydrogen) atoms. The number of aliphatic hydroxyl groups excluding tert-OH is 1. The standard InChI is InChI=1S/C10H15NO3/c1-8(7-12)11-10(13)5-4-9-3-2-6-14-9/h2-3,6,8,12H,4-5,7H2,1H3,(H,11,13)/t8-/m0/s1. The van der Waals surface area contributed by atoms with Crippen LogP contribution in [-0.2, 0) is 11.2 Å². The van der Waals surface area contributed by atoms with Crippen LogP contribution in [0, 0.1) is 0 Å². The lowest BCUT2D eigenvalue weighted by atomic mass is 10.2. The van der Waals surface area contributed by atoms with Crippen LogP contribution in [0.4, 0.5) is 0 Å². The normalized spacial score (nSPS) is 12.4. The summed E-state index contributed by atoms with van der Waals surface area (Å²) in [5.41, 5.74) is 0.